The standard InChI is InChI=1S/C26H30N6O2S/c1-33-23-17-20(6-8-22(23)34-15-5-14-32-12-3-2-4-13-32)30-26-27-11-10-25(31-26)29-19-7-9-24-21(16-19)28-18-35-24/h6-11,16-18H,2-5,12-15H2,1H3,(H2,27,29,30,31). The number of thiazole rings is 1. The molecule has 0 bridgehead atoms. The Labute approximate surface area is 209 Å². The van der Waals surface area contributed by atoms with Crippen LogP contribution in [0.1, 0.15) is 25.7 Å². The minimum atomic E-state index is 0.488. The van der Waals surface area contributed by atoms with E-state index in [0.29, 0.717) is 24.1 Å². The van der Waals surface area contributed by atoms with E-state index in [9.17, 15) is 0 Å². The van der Waals surface area contributed by atoms with E-state index in [2.05, 4.69) is 36.6 Å². The van der Waals surface area contributed by atoms with Gasteiger partial charge in [-0.2, -0.15) is 4.98 Å². The Balaban J connectivity index is 1.18. The molecule has 0 saturated carbocycles. The quantitative estimate of drug-likeness (QED) is 0.268. The highest BCUT2D eigenvalue weighted by molar-refractivity contribution is 7.16. The summed E-state index contributed by atoms with van der Waals surface area (Å²) in [6.07, 6.45) is 6.71. The van der Waals surface area contributed by atoms with Crippen molar-refractivity contribution in [3.05, 3.63) is 54.2 Å². The van der Waals surface area contributed by atoms with Gasteiger partial charge in [0.25, 0.3) is 0 Å². The second-order valence-corrected chi connectivity index (χ2v) is 9.41. The third-order valence-electron chi connectivity index (χ3n) is 6.00. The molecule has 0 aliphatic carbocycles. The number of aromatic nitrogens is 3. The molecule has 35 heavy (non-hydrogen) atoms. The van der Waals surface area contributed by atoms with Crippen LogP contribution in [-0.2, 0) is 0 Å². The number of likely N-dealkylation sites (tertiary alicyclic amines) is 1. The highest BCUT2D eigenvalue weighted by Gasteiger charge is 2.11. The van der Waals surface area contributed by atoms with Crippen LogP contribution in [0.25, 0.3) is 10.2 Å². The average Bonchev–Trinajstić information content (AvgIpc) is 3.36. The molecule has 2 N–H and O–H groups in total. The summed E-state index contributed by atoms with van der Waals surface area (Å²) in [6, 6.07) is 13.7. The lowest BCUT2D eigenvalue weighted by Crippen LogP contribution is -2.31. The van der Waals surface area contributed by atoms with E-state index in [-0.39, 0.29) is 0 Å². The molecule has 0 amide bonds. The van der Waals surface area contributed by atoms with Gasteiger partial charge in [-0.15, -0.1) is 11.3 Å². The predicted molar refractivity (Wildman–Crippen MR) is 142 cm³/mol. The SMILES string of the molecule is COc1cc(Nc2nccc(Nc3ccc4scnc4c3)n2)ccc1OCCCN1CCCCC1. The smallest absolute Gasteiger partial charge is 0.229 e. The Kier molecular flexibility index (Phi) is 7.55. The zero-order valence-corrected chi connectivity index (χ0v) is 20.7. The molecular formula is C26H30N6O2S. The average molecular weight is 491 g/mol. The number of nitrogens with one attached hydrogen (secondary N) is 2. The second kappa shape index (κ2) is 11.3. The molecule has 3 heterocycles. The summed E-state index contributed by atoms with van der Waals surface area (Å²) in [5, 5.41) is 6.57. The van der Waals surface area contributed by atoms with Crippen molar-refractivity contribution in [2.24, 2.45) is 0 Å². The first kappa shape index (κ1) is 23.3. The van der Waals surface area contributed by atoms with E-state index in [1.54, 1.807) is 24.6 Å². The van der Waals surface area contributed by atoms with Gasteiger partial charge >= 0.3 is 0 Å². The van der Waals surface area contributed by atoms with Crippen molar-refractivity contribution in [1.82, 2.24) is 19.9 Å². The van der Waals surface area contributed by atoms with E-state index >= 15 is 0 Å². The molecule has 1 aliphatic heterocycles. The van der Waals surface area contributed by atoms with Gasteiger partial charge < -0.3 is 25.0 Å². The monoisotopic (exact) mass is 490 g/mol. The van der Waals surface area contributed by atoms with Crippen LogP contribution in [0.3, 0.4) is 0 Å². The van der Waals surface area contributed by atoms with E-state index in [4.69, 9.17) is 9.47 Å². The van der Waals surface area contributed by atoms with Gasteiger partial charge in [0.2, 0.25) is 5.95 Å². The summed E-state index contributed by atoms with van der Waals surface area (Å²) in [5.41, 5.74) is 4.56. The zero-order chi connectivity index (χ0) is 23.9. The number of hydrogen-bond acceptors (Lipinski definition) is 9. The third-order valence-corrected chi connectivity index (χ3v) is 6.81. The fourth-order valence-electron chi connectivity index (χ4n) is 4.22. The maximum absolute atomic E-state index is 6.01. The Morgan fingerprint density at radius 2 is 1.80 bits per heavy atom. The topological polar surface area (TPSA) is 84.4 Å². The van der Waals surface area contributed by atoms with Crippen molar-refractivity contribution in [3.63, 3.8) is 0 Å². The van der Waals surface area contributed by atoms with Gasteiger partial charge in [-0.3, -0.25) is 0 Å². The van der Waals surface area contributed by atoms with Crippen LogP contribution < -0.4 is 20.1 Å². The molecule has 2 aromatic heterocycles. The zero-order valence-electron chi connectivity index (χ0n) is 19.9. The summed E-state index contributed by atoms with van der Waals surface area (Å²) in [6.45, 7) is 4.18. The van der Waals surface area contributed by atoms with E-state index in [1.165, 1.54) is 32.4 Å². The molecule has 0 unspecified atom stereocenters. The third kappa shape index (κ3) is 6.17. The lowest BCUT2D eigenvalue weighted by atomic mass is 10.1. The lowest BCUT2D eigenvalue weighted by molar-refractivity contribution is 0.203. The maximum atomic E-state index is 6.01. The largest absolute Gasteiger partial charge is 0.493 e. The number of ether oxygens (including phenoxy) is 2. The predicted octanol–water partition coefficient (Wildman–Crippen LogP) is 5.84. The van der Waals surface area contributed by atoms with Crippen LogP contribution in [-0.4, -0.2) is 53.2 Å². The van der Waals surface area contributed by atoms with Gasteiger partial charge in [-0.05, 0) is 68.8 Å². The molecule has 182 valence electrons. The van der Waals surface area contributed by atoms with Crippen LogP contribution >= 0.6 is 11.3 Å². The van der Waals surface area contributed by atoms with Crippen molar-refractivity contribution in [1.29, 1.82) is 0 Å². The second-order valence-electron chi connectivity index (χ2n) is 8.52. The van der Waals surface area contributed by atoms with Crippen molar-refractivity contribution >= 4 is 44.7 Å². The number of rotatable bonds is 10. The van der Waals surface area contributed by atoms with Gasteiger partial charge in [0, 0.05) is 30.2 Å². The number of piperidine rings is 1. The van der Waals surface area contributed by atoms with Crippen LogP contribution in [0.2, 0.25) is 0 Å². The molecule has 5 rings (SSSR count). The number of methoxy groups -OCH3 is 1. The Bertz CT molecular complexity index is 1260. The van der Waals surface area contributed by atoms with Crippen LogP contribution in [0.4, 0.5) is 23.1 Å². The summed E-state index contributed by atoms with van der Waals surface area (Å²) < 4.78 is 12.7. The van der Waals surface area contributed by atoms with E-state index in [0.717, 1.165) is 40.3 Å². The fraction of sp³-hybridized carbons (Fsp3) is 0.346. The first-order valence-corrected chi connectivity index (χ1v) is 12.9. The Hall–Kier alpha value is -3.43. The number of benzene rings is 2. The minimum Gasteiger partial charge on any atom is -0.493 e. The fourth-order valence-corrected chi connectivity index (χ4v) is 4.88. The first-order chi connectivity index (χ1) is 17.3. The summed E-state index contributed by atoms with van der Waals surface area (Å²) in [5.74, 6) is 2.60. The van der Waals surface area contributed by atoms with Crippen molar-refractivity contribution < 1.29 is 9.47 Å². The molecule has 0 spiro atoms. The maximum Gasteiger partial charge on any atom is 0.229 e. The normalized spacial score (nSPS) is 14.1. The highest BCUT2D eigenvalue weighted by Crippen LogP contribution is 2.31. The molecule has 2 aromatic carbocycles. The molecule has 0 radical (unpaired) electrons. The minimum absolute atomic E-state index is 0.488. The summed E-state index contributed by atoms with van der Waals surface area (Å²) >= 11 is 1.63. The van der Waals surface area contributed by atoms with E-state index < -0.39 is 0 Å². The van der Waals surface area contributed by atoms with Crippen LogP contribution in [0.15, 0.2) is 54.2 Å². The molecule has 9 heteroatoms. The summed E-state index contributed by atoms with van der Waals surface area (Å²) in [7, 11) is 1.65. The molecule has 1 saturated heterocycles. The van der Waals surface area contributed by atoms with Gasteiger partial charge in [-0.1, -0.05) is 6.42 Å². The summed E-state index contributed by atoms with van der Waals surface area (Å²) in [4.78, 5) is 15.8. The molecule has 1 aliphatic rings. The Morgan fingerprint density at radius 3 is 2.69 bits per heavy atom. The van der Waals surface area contributed by atoms with E-state index in [1.807, 2.05) is 41.9 Å². The number of hydrogen-bond donors (Lipinski definition) is 2. The number of anilines is 4. The highest BCUT2D eigenvalue weighted by atomic mass is 32.1. The molecule has 8 nitrogen and oxygen atoms in total. The molecule has 1 fully saturated rings. The molecule has 4 aromatic rings. The van der Waals surface area contributed by atoms with Crippen molar-refractivity contribution in [3.8, 4) is 11.5 Å². The molecular weight excluding hydrogens is 460 g/mol. The Morgan fingerprint density at radius 1 is 0.943 bits per heavy atom. The van der Waals surface area contributed by atoms with Crippen molar-refractivity contribution in [2.45, 2.75) is 25.7 Å². The van der Waals surface area contributed by atoms with Gasteiger partial charge in [-0.25, -0.2) is 9.97 Å². The van der Waals surface area contributed by atoms with Gasteiger partial charge in [0.05, 0.1) is 29.4 Å². The van der Waals surface area contributed by atoms with Crippen LogP contribution in [0.5, 0.6) is 11.5 Å². The van der Waals surface area contributed by atoms with Crippen LogP contribution in [0, 0.1) is 0 Å². The number of fused-ring (bicyclic) bond motifs is 1. The van der Waals surface area contributed by atoms with Crippen molar-refractivity contribution in [2.75, 3.05) is 44.0 Å². The molecule has 0 atom stereocenters. The first-order valence-electron chi connectivity index (χ1n) is 12.0. The number of nitrogens with zero attached hydrogens (tertiary/aromatic N) is 4. The van der Waals surface area contributed by atoms with Gasteiger partial charge in [0.15, 0.2) is 11.5 Å². The van der Waals surface area contributed by atoms with Gasteiger partial charge in [0.1, 0.15) is 5.82 Å². The lowest BCUT2D eigenvalue weighted by Gasteiger charge is -2.26.